The van der Waals surface area contributed by atoms with Gasteiger partial charge in [0.05, 0.1) is 25.1 Å². The number of fused-ring (bicyclic) bond motifs is 1. The Morgan fingerprint density at radius 3 is 2.53 bits per heavy atom. The van der Waals surface area contributed by atoms with Crippen molar-refractivity contribution in [1.82, 2.24) is 24.5 Å². The van der Waals surface area contributed by atoms with E-state index >= 15 is 0 Å². The number of hydrogen-bond acceptors (Lipinski definition) is 7. The van der Waals surface area contributed by atoms with E-state index in [0.717, 1.165) is 65.9 Å². The Balaban J connectivity index is 1.29. The average Bonchev–Trinajstić information content (AvgIpc) is 3.51. The third-order valence-corrected chi connectivity index (χ3v) is 6.93. The lowest BCUT2D eigenvalue weighted by molar-refractivity contribution is 0.0342. The van der Waals surface area contributed by atoms with Gasteiger partial charge in [0.25, 0.3) is 0 Å². The van der Waals surface area contributed by atoms with Crippen LogP contribution in [0.2, 0.25) is 0 Å². The summed E-state index contributed by atoms with van der Waals surface area (Å²) in [7, 11) is 0. The van der Waals surface area contributed by atoms with Crippen molar-refractivity contribution in [2.45, 2.75) is 6.54 Å². The second-order valence-corrected chi connectivity index (χ2v) is 9.41. The number of nitrogen functional groups attached to an aromatic ring is 1. The molecular weight excluding hydrogens is 444 g/mol. The summed E-state index contributed by atoms with van der Waals surface area (Å²) in [5, 5.41) is 9.39. The summed E-state index contributed by atoms with van der Waals surface area (Å²) in [6.45, 7) is 4.55. The van der Waals surface area contributed by atoms with Gasteiger partial charge in [-0.3, -0.25) is 9.30 Å². The molecule has 1 aliphatic heterocycles. The van der Waals surface area contributed by atoms with Gasteiger partial charge in [-0.25, -0.2) is 4.98 Å². The molecular formula is C26H24N6OS. The van der Waals surface area contributed by atoms with Crippen LogP contribution in [0.25, 0.3) is 38.6 Å². The van der Waals surface area contributed by atoms with Crippen molar-refractivity contribution in [3.63, 3.8) is 0 Å². The van der Waals surface area contributed by atoms with Gasteiger partial charge >= 0.3 is 0 Å². The maximum atomic E-state index is 5.76. The van der Waals surface area contributed by atoms with E-state index in [1.54, 1.807) is 0 Å². The summed E-state index contributed by atoms with van der Waals surface area (Å²) >= 11 is 1.39. The molecule has 2 aromatic carbocycles. The number of pyridine rings is 1. The van der Waals surface area contributed by atoms with E-state index in [-0.39, 0.29) is 0 Å². The highest BCUT2D eigenvalue weighted by molar-refractivity contribution is 7.18. The molecule has 1 saturated heterocycles. The van der Waals surface area contributed by atoms with Gasteiger partial charge in [0, 0.05) is 37.0 Å². The maximum absolute atomic E-state index is 5.76. The first-order valence-corrected chi connectivity index (χ1v) is 12.1. The lowest BCUT2D eigenvalue weighted by atomic mass is 10.0. The van der Waals surface area contributed by atoms with Crippen molar-refractivity contribution < 1.29 is 4.74 Å². The summed E-state index contributed by atoms with van der Waals surface area (Å²) in [6.07, 6.45) is 4.01. The summed E-state index contributed by atoms with van der Waals surface area (Å²) in [4.78, 5) is 7.14. The van der Waals surface area contributed by atoms with Crippen LogP contribution in [-0.4, -0.2) is 50.8 Å². The molecule has 0 unspecified atom stereocenters. The number of benzene rings is 2. The number of imidazole rings is 1. The van der Waals surface area contributed by atoms with Crippen molar-refractivity contribution in [3.05, 3.63) is 78.6 Å². The van der Waals surface area contributed by atoms with Crippen LogP contribution in [0.1, 0.15) is 5.56 Å². The van der Waals surface area contributed by atoms with E-state index in [4.69, 9.17) is 15.5 Å². The van der Waals surface area contributed by atoms with E-state index in [9.17, 15) is 0 Å². The normalized spacial score (nSPS) is 14.6. The van der Waals surface area contributed by atoms with Crippen LogP contribution in [0.15, 0.2) is 73.1 Å². The van der Waals surface area contributed by atoms with Crippen molar-refractivity contribution in [3.8, 4) is 33.0 Å². The van der Waals surface area contributed by atoms with Crippen LogP contribution >= 0.6 is 11.3 Å². The highest BCUT2D eigenvalue weighted by atomic mass is 32.1. The van der Waals surface area contributed by atoms with Crippen LogP contribution in [0.4, 0.5) is 5.13 Å². The molecule has 0 atom stereocenters. The first-order valence-electron chi connectivity index (χ1n) is 11.3. The van der Waals surface area contributed by atoms with Crippen LogP contribution in [0.5, 0.6) is 0 Å². The van der Waals surface area contributed by atoms with Gasteiger partial charge in [-0.15, -0.1) is 10.2 Å². The summed E-state index contributed by atoms with van der Waals surface area (Å²) in [6, 6.07) is 21.3. The molecule has 34 heavy (non-hydrogen) atoms. The Bertz CT molecular complexity index is 1450. The number of nitrogens with two attached hydrogens (primary N) is 1. The van der Waals surface area contributed by atoms with Gasteiger partial charge in [0.1, 0.15) is 10.7 Å². The van der Waals surface area contributed by atoms with Crippen LogP contribution < -0.4 is 5.73 Å². The largest absolute Gasteiger partial charge is 0.379 e. The quantitative estimate of drug-likeness (QED) is 0.406. The van der Waals surface area contributed by atoms with E-state index < -0.39 is 0 Å². The first-order chi connectivity index (χ1) is 16.7. The predicted molar refractivity (Wildman–Crippen MR) is 135 cm³/mol. The fourth-order valence-electron chi connectivity index (χ4n) is 4.40. The number of hydrogen-bond donors (Lipinski definition) is 1. The highest BCUT2D eigenvalue weighted by Gasteiger charge is 2.13. The molecule has 3 aromatic heterocycles. The van der Waals surface area contributed by atoms with Crippen molar-refractivity contribution in [2.24, 2.45) is 0 Å². The minimum atomic E-state index is 0.469. The molecule has 4 heterocycles. The minimum absolute atomic E-state index is 0.469. The number of nitrogens with zero attached hydrogens (tertiary/aromatic N) is 5. The van der Waals surface area contributed by atoms with Gasteiger partial charge in [-0.1, -0.05) is 47.7 Å². The van der Waals surface area contributed by atoms with Gasteiger partial charge < -0.3 is 10.5 Å². The Labute approximate surface area is 201 Å². The smallest absolute Gasteiger partial charge is 0.203 e. The van der Waals surface area contributed by atoms with Crippen molar-refractivity contribution in [2.75, 3.05) is 32.0 Å². The van der Waals surface area contributed by atoms with Gasteiger partial charge in [-0.05, 0) is 41.0 Å². The molecule has 2 N–H and O–H groups in total. The second-order valence-electron chi connectivity index (χ2n) is 8.40. The summed E-state index contributed by atoms with van der Waals surface area (Å²) in [5.41, 5.74) is 13.5. The lowest BCUT2D eigenvalue weighted by Crippen LogP contribution is -2.35. The molecule has 8 heteroatoms. The molecule has 5 aromatic rings. The second kappa shape index (κ2) is 8.98. The zero-order chi connectivity index (χ0) is 22.9. The van der Waals surface area contributed by atoms with Gasteiger partial charge in [0.15, 0.2) is 0 Å². The average molecular weight is 469 g/mol. The lowest BCUT2D eigenvalue weighted by Gasteiger charge is -2.26. The van der Waals surface area contributed by atoms with E-state index in [2.05, 4.69) is 74.2 Å². The number of anilines is 1. The molecule has 0 spiro atoms. The molecule has 1 aliphatic rings. The third-order valence-electron chi connectivity index (χ3n) is 6.13. The summed E-state index contributed by atoms with van der Waals surface area (Å²) < 4.78 is 7.59. The van der Waals surface area contributed by atoms with Crippen molar-refractivity contribution >= 4 is 22.1 Å². The van der Waals surface area contributed by atoms with Gasteiger partial charge in [0.2, 0.25) is 5.13 Å². The van der Waals surface area contributed by atoms with Gasteiger partial charge in [-0.2, -0.15) is 0 Å². The topological polar surface area (TPSA) is 81.6 Å². The molecule has 170 valence electrons. The molecule has 0 bridgehead atoms. The number of ether oxygens (including phenoxy) is 1. The standard InChI is InChI=1S/C26H24N6OS/c27-26-30-29-25(34-26)22-6-2-5-21(14-22)23-16-28-24-15-20(7-8-32(23)24)19-4-1-3-18(13-19)17-31-9-11-33-12-10-31/h1-8,13-16H,9-12,17H2,(H2,27,30). The van der Waals surface area contributed by atoms with Crippen LogP contribution in [0.3, 0.4) is 0 Å². The fourth-order valence-corrected chi connectivity index (χ4v) is 5.01. The molecule has 0 radical (unpaired) electrons. The molecule has 6 rings (SSSR count). The molecule has 1 fully saturated rings. The Morgan fingerprint density at radius 1 is 0.882 bits per heavy atom. The third kappa shape index (κ3) is 4.19. The van der Waals surface area contributed by atoms with Crippen LogP contribution in [0, 0.1) is 0 Å². The summed E-state index contributed by atoms with van der Waals surface area (Å²) in [5.74, 6) is 0. The number of rotatable bonds is 5. The fraction of sp³-hybridized carbons (Fsp3) is 0.192. The molecule has 0 aliphatic carbocycles. The zero-order valence-corrected chi connectivity index (χ0v) is 19.4. The zero-order valence-electron chi connectivity index (χ0n) is 18.6. The monoisotopic (exact) mass is 468 g/mol. The number of morpholine rings is 1. The molecule has 0 amide bonds. The maximum Gasteiger partial charge on any atom is 0.203 e. The number of aromatic nitrogens is 4. The molecule has 7 nitrogen and oxygen atoms in total. The molecule has 0 saturated carbocycles. The van der Waals surface area contributed by atoms with Crippen molar-refractivity contribution in [1.29, 1.82) is 0 Å². The SMILES string of the molecule is Nc1nnc(-c2cccc(-c3cnc4cc(-c5cccc(CN6CCOCC6)c5)ccn34)c2)s1. The Hall–Kier alpha value is -3.59. The van der Waals surface area contributed by atoms with E-state index in [0.29, 0.717) is 5.13 Å². The van der Waals surface area contributed by atoms with E-state index in [1.165, 1.54) is 22.5 Å². The Morgan fingerprint density at radius 2 is 1.68 bits per heavy atom. The van der Waals surface area contributed by atoms with E-state index in [1.807, 2.05) is 18.3 Å². The Kier molecular flexibility index (Phi) is 5.54. The first kappa shape index (κ1) is 21.0. The predicted octanol–water partition coefficient (Wildman–Crippen LogP) is 4.60. The highest BCUT2D eigenvalue weighted by Crippen LogP contribution is 2.30. The van der Waals surface area contributed by atoms with Crippen LogP contribution in [-0.2, 0) is 11.3 Å². The minimum Gasteiger partial charge on any atom is -0.379 e.